The van der Waals surface area contributed by atoms with Gasteiger partial charge in [-0.05, 0) is 31.0 Å². The minimum absolute atomic E-state index is 0.0440. The summed E-state index contributed by atoms with van der Waals surface area (Å²) >= 11 is 1.78. The minimum atomic E-state index is -3.37. The maximum absolute atomic E-state index is 12.0. The zero-order valence-corrected chi connectivity index (χ0v) is 18.1. The van der Waals surface area contributed by atoms with E-state index in [4.69, 9.17) is 0 Å². The number of anilines is 1. The normalized spacial score (nSPS) is 11.2. The topological polar surface area (TPSA) is 66.5 Å². The van der Waals surface area contributed by atoms with E-state index in [1.54, 1.807) is 36.0 Å². The molecule has 1 N–H and O–H groups in total. The van der Waals surface area contributed by atoms with E-state index in [-0.39, 0.29) is 5.91 Å². The van der Waals surface area contributed by atoms with Gasteiger partial charge < -0.3 is 5.32 Å². The molecule has 2 rings (SSSR count). The molecule has 0 atom stereocenters. The second kappa shape index (κ2) is 11.1. The Hall–Kier alpha value is -1.99. The SMILES string of the molecule is Cc1ccc(CSCCNC(=O)CCCN(c2ccccc2)S(C)(=O)=O)cc1. The van der Waals surface area contributed by atoms with Crippen molar-refractivity contribution in [3.8, 4) is 0 Å². The molecular weight excluding hydrogens is 392 g/mol. The molecule has 28 heavy (non-hydrogen) atoms. The number of aryl methyl sites for hydroxylation is 1. The smallest absolute Gasteiger partial charge is 0.232 e. The molecular formula is C21H28N2O3S2. The van der Waals surface area contributed by atoms with Crippen molar-refractivity contribution >= 4 is 33.4 Å². The zero-order valence-electron chi connectivity index (χ0n) is 16.4. The Labute approximate surface area is 172 Å². The van der Waals surface area contributed by atoms with Crippen molar-refractivity contribution in [2.24, 2.45) is 0 Å². The fourth-order valence-electron chi connectivity index (χ4n) is 2.69. The van der Waals surface area contributed by atoms with Gasteiger partial charge in [0.1, 0.15) is 0 Å². The first-order valence-electron chi connectivity index (χ1n) is 9.29. The highest BCUT2D eigenvalue weighted by atomic mass is 32.2. The molecule has 2 aromatic rings. The van der Waals surface area contributed by atoms with E-state index in [0.29, 0.717) is 31.6 Å². The van der Waals surface area contributed by atoms with Gasteiger partial charge in [0, 0.05) is 31.0 Å². The van der Waals surface area contributed by atoms with Gasteiger partial charge >= 0.3 is 0 Å². The molecule has 0 aliphatic rings. The van der Waals surface area contributed by atoms with Gasteiger partial charge in [0.05, 0.1) is 11.9 Å². The summed E-state index contributed by atoms with van der Waals surface area (Å²) in [6.45, 7) is 2.98. The van der Waals surface area contributed by atoms with Crippen LogP contribution in [0.15, 0.2) is 54.6 Å². The van der Waals surface area contributed by atoms with E-state index in [0.717, 1.165) is 11.5 Å². The third kappa shape index (κ3) is 7.94. The second-order valence-corrected chi connectivity index (χ2v) is 9.67. The number of amides is 1. The standard InChI is InChI=1S/C21H28N2O3S2/c1-18-10-12-19(13-11-18)17-27-16-14-22-21(24)9-6-15-23(28(2,25)26)20-7-4-3-5-8-20/h3-5,7-8,10-13H,6,9,14-17H2,1-2H3,(H,22,24). The summed E-state index contributed by atoms with van der Waals surface area (Å²) < 4.78 is 25.4. The van der Waals surface area contributed by atoms with E-state index in [2.05, 4.69) is 36.5 Å². The van der Waals surface area contributed by atoms with Gasteiger partial charge in [-0.3, -0.25) is 9.10 Å². The summed E-state index contributed by atoms with van der Waals surface area (Å²) in [7, 11) is -3.37. The molecule has 0 radical (unpaired) electrons. The molecule has 0 saturated heterocycles. The predicted molar refractivity (Wildman–Crippen MR) is 118 cm³/mol. The Bertz CT molecular complexity index is 838. The van der Waals surface area contributed by atoms with E-state index < -0.39 is 10.0 Å². The van der Waals surface area contributed by atoms with Crippen molar-refractivity contribution in [1.82, 2.24) is 5.32 Å². The van der Waals surface area contributed by atoms with Crippen molar-refractivity contribution in [1.29, 1.82) is 0 Å². The first-order valence-corrected chi connectivity index (χ1v) is 12.3. The lowest BCUT2D eigenvalue weighted by atomic mass is 10.2. The van der Waals surface area contributed by atoms with Gasteiger partial charge in [-0.2, -0.15) is 11.8 Å². The largest absolute Gasteiger partial charge is 0.355 e. The number of thioether (sulfide) groups is 1. The molecule has 0 aliphatic heterocycles. The molecule has 0 fully saturated rings. The van der Waals surface area contributed by atoms with Crippen LogP contribution in [0.2, 0.25) is 0 Å². The van der Waals surface area contributed by atoms with Gasteiger partial charge in [0.2, 0.25) is 15.9 Å². The van der Waals surface area contributed by atoms with E-state index in [1.807, 2.05) is 6.07 Å². The lowest BCUT2D eigenvalue weighted by molar-refractivity contribution is -0.121. The van der Waals surface area contributed by atoms with Gasteiger partial charge in [-0.25, -0.2) is 8.42 Å². The third-order valence-electron chi connectivity index (χ3n) is 4.17. The highest BCUT2D eigenvalue weighted by Crippen LogP contribution is 2.17. The molecule has 0 bridgehead atoms. The van der Waals surface area contributed by atoms with Gasteiger partial charge in [0.15, 0.2) is 0 Å². The number of para-hydroxylation sites is 1. The quantitative estimate of drug-likeness (QED) is 0.564. The van der Waals surface area contributed by atoms with Crippen LogP contribution in [0, 0.1) is 6.92 Å². The minimum Gasteiger partial charge on any atom is -0.355 e. The summed E-state index contributed by atoms with van der Waals surface area (Å²) in [4.78, 5) is 12.0. The number of hydrogen-bond donors (Lipinski definition) is 1. The van der Waals surface area contributed by atoms with Crippen LogP contribution in [0.4, 0.5) is 5.69 Å². The molecule has 7 heteroatoms. The number of hydrogen-bond acceptors (Lipinski definition) is 4. The van der Waals surface area contributed by atoms with Crippen LogP contribution in [0.5, 0.6) is 0 Å². The van der Waals surface area contributed by atoms with Crippen molar-refractivity contribution in [3.63, 3.8) is 0 Å². The number of benzene rings is 2. The van der Waals surface area contributed by atoms with Crippen LogP contribution in [0.25, 0.3) is 0 Å². The molecule has 2 aromatic carbocycles. The van der Waals surface area contributed by atoms with Crippen molar-refractivity contribution in [2.75, 3.05) is 29.4 Å². The molecule has 0 saturated carbocycles. The molecule has 0 unspecified atom stereocenters. The fourth-order valence-corrected chi connectivity index (χ4v) is 4.47. The number of carbonyl (C=O) groups is 1. The Kier molecular flexibility index (Phi) is 8.86. The number of nitrogens with one attached hydrogen (secondary N) is 1. The van der Waals surface area contributed by atoms with Gasteiger partial charge in [-0.15, -0.1) is 0 Å². The Balaban J connectivity index is 1.65. The zero-order chi connectivity index (χ0) is 20.4. The van der Waals surface area contributed by atoms with E-state index in [9.17, 15) is 13.2 Å². The summed E-state index contributed by atoms with van der Waals surface area (Å²) in [5.74, 6) is 1.73. The number of carbonyl (C=O) groups excluding carboxylic acids is 1. The predicted octanol–water partition coefficient (Wildman–Crippen LogP) is 3.59. The molecule has 0 spiro atoms. The Morgan fingerprint density at radius 2 is 1.75 bits per heavy atom. The van der Waals surface area contributed by atoms with Crippen molar-refractivity contribution in [3.05, 3.63) is 65.7 Å². The highest BCUT2D eigenvalue weighted by molar-refractivity contribution is 7.98. The molecule has 152 valence electrons. The number of rotatable bonds is 11. The van der Waals surface area contributed by atoms with Crippen LogP contribution >= 0.6 is 11.8 Å². The first-order chi connectivity index (χ1) is 13.4. The van der Waals surface area contributed by atoms with Crippen LogP contribution < -0.4 is 9.62 Å². The fraction of sp³-hybridized carbons (Fsp3) is 0.381. The average Bonchev–Trinajstić information content (AvgIpc) is 2.66. The Morgan fingerprint density at radius 1 is 1.07 bits per heavy atom. The lowest BCUT2D eigenvalue weighted by Crippen LogP contribution is -2.32. The maximum Gasteiger partial charge on any atom is 0.232 e. The van der Waals surface area contributed by atoms with Crippen LogP contribution in [-0.2, 0) is 20.6 Å². The van der Waals surface area contributed by atoms with Crippen LogP contribution in [0.1, 0.15) is 24.0 Å². The lowest BCUT2D eigenvalue weighted by Gasteiger charge is -2.22. The van der Waals surface area contributed by atoms with E-state index >= 15 is 0 Å². The molecule has 0 aliphatic carbocycles. The summed E-state index contributed by atoms with van der Waals surface area (Å²) in [6, 6.07) is 17.4. The van der Waals surface area contributed by atoms with Gasteiger partial charge in [-0.1, -0.05) is 48.0 Å². The van der Waals surface area contributed by atoms with Gasteiger partial charge in [0.25, 0.3) is 0 Å². The summed E-state index contributed by atoms with van der Waals surface area (Å²) in [5, 5.41) is 2.90. The first kappa shape index (κ1) is 22.3. The number of nitrogens with zero attached hydrogens (tertiary/aromatic N) is 1. The van der Waals surface area contributed by atoms with Crippen molar-refractivity contribution in [2.45, 2.75) is 25.5 Å². The maximum atomic E-state index is 12.0. The van der Waals surface area contributed by atoms with E-state index in [1.165, 1.54) is 21.7 Å². The summed E-state index contributed by atoms with van der Waals surface area (Å²) in [6.07, 6.45) is 1.97. The molecule has 1 amide bonds. The summed E-state index contributed by atoms with van der Waals surface area (Å²) in [5.41, 5.74) is 3.16. The van der Waals surface area contributed by atoms with Crippen molar-refractivity contribution < 1.29 is 13.2 Å². The highest BCUT2D eigenvalue weighted by Gasteiger charge is 2.17. The number of sulfonamides is 1. The third-order valence-corrected chi connectivity index (χ3v) is 6.39. The second-order valence-electron chi connectivity index (χ2n) is 6.66. The molecule has 0 heterocycles. The molecule has 5 nitrogen and oxygen atoms in total. The monoisotopic (exact) mass is 420 g/mol. The average molecular weight is 421 g/mol. The Morgan fingerprint density at radius 3 is 2.39 bits per heavy atom. The van der Waals surface area contributed by atoms with Crippen LogP contribution in [0.3, 0.4) is 0 Å². The van der Waals surface area contributed by atoms with Crippen LogP contribution in [-0.4, -0.2) is 39.4 Å². The molecule has 0 aromatic heterocycles.